The number of hydrogen-bond donors (Lipinski definition) is 2. The third kappa shape index (κ3) is 5.13. The van der Waals surface area contributed by atoms with Crippen LogP contribution in [0.2, 0.25) is 0 Å². The first-order valence-corrected chi connectivity index (χ1v) is 8.35. The van der Waals surface area contributed by atoms with Crippen LogP contribution in [0.3, 0.4) is 0 Å². The van der Waals surface area contributed by atoms with Gasteiger partial charge in [0.1, 0.15) is 5.75 Å². The maximum Gasteiger partial charge on any atom is 0.133 e. The third-order valence-electron chi connectivity index (χ3n) is 3.31. The Kier molecular flexibility index (Phi) is 6.90. The van der Waals surface area contributed by atoms with E-state index in [0.717, 1.165) is 34.4 Å². The molecule has 118 valence electrons. The normalized spacial score (nSPS) is 12.1. The zero-order chi connectivity index (χ0) is 15.8. The summed E-state index contributed by atoms with van der Waals surface area (Å²) in [5.41, 5.74) is 2.08. The van der Waals surface area contributed by atoms with Gasteiger partial charge in [0.25, 0.3) is 0 Å². The minimum Gasteiger partial charge on any atom is -0.492 e. The summed E-state index contributed by atoms with van der Waals surface area (Å²) in [7, 11) is 0. The van der Waals surface area contributed by atoms with Crippen molar-refractivity contribution in [3.63, 3.8) is 0 Å². The molecule has 0 radical (unpaired) electrons. The van der Waals surface area contributed by atoms with E-state index in [1.54, 1.807) is 0 Å². The molecule has 0 aliphatic carbocycles. The van der Waals surface area contributed by atoms with Crippen molar-refractivity contribution in [2.45, 2.75) is 26.0 Å². The molecule has 0 bridgehead atoms. The topological polar surface area (TPSA) is 41.5 Å². The molecule has 0 heterocycles. The summed E-state index contributed by atoms with van der Waals surface area (Å²) in [4.78, 5) is 0. The highest BCUT2D eigenvalue weighted by Crippen LogP contribution is 2.26. The molecule has 0 aliphatic rings. The van der Waals surface area contributed by atoms with Crippen molar-refractivity contribution in [1.82, 2.24) is 5.32 Å². The van der Waals surface area contributed by atoms with Crippen molar-refractivity contribution in [3.8, 4) is 5.75 Å². The van der Waals surface area contributed by atoms with Crippen molar-refractivity contribution < 1.29 is 9.84 Å². The standard InChI is InChI=1S/C18H22BrNO2/c1-2-10-22-18-9-8-14(11-16(18)19)12-20-13-17(21)15-6-4-3-5-7-15/h3-9,11,17,20-21H,2,10,12-13H2,1H3. The molecular formula is C18H22BrNO2. The van der Waals surface area contributed by atoms with Crippen LogP contribution >= 0.6 is 15.9 Å². The lowest BCUT2D eigenvalue weighted by molar-refractivity contribution is 0.174. The second-order valence-electron chi connectivity index (χ2n) is 5.17. The molecule has 0 aromatic heterocycles. The molecule has 0 aliphatic heterocycles. The Morgan fingerprint density at radius 2 is 1.95 bits per heavy atom. The first kappa shape index (κ1) is 17.0. The Balaban J connectivity index is 1.83. The summed E-state index contributed by atoms with van der Waals surface area (Å²) >= 11 is 3.53. The van der Waals surface area contributed by atoms with Gasteiger partial charge >= 0.3 is 0 Å². The molecule has 2 N–H and O–H groups in total. The summed E-state index contributed by atoms with van der Waals surface area (Å²) in [5.74, 6) is 0.870. The van der Waals surface area contributed by atoms with Crippen LogP contribution in [0.5, 0.6) is 5.75 Å². The van der Waals surface area contributed by atoms with Crippen LogP contribution < -0.4 is 10.1 Å². The third-order valence-corrected chi connectivity index (χ3v) is 3.93. The molecule has 0 amide bonds. The molecule has 2 rings (SSSR count). The smallest absolute Gasteiger partial charge is 0.133 e. The Bertz CT molecular complexity index is 575. The van der Waals surface area contributed by atoms with Crippen molar-refractivity contribution in [1.29, 1.82) is 0 Å². The fraction of sp³-hybridized carbons (Fsp3) is 0.333. The second kappa shape index (κ2) is 8.93. The quantitative estimate of drug-likeness (QED) is 0.742. The van der Waals surface area contributed by atoms with E-state index in [9.17, 15) is 5.11 Å². The number of nitrogens with one attached hydrogen (secondary N) is 1. The van der Waals surface area contributed by atoms with Crippen molar-refractivity contribution in [2.75, 3.05) is 13.2 Å². The van der Waals surface area contributed by atoms with Crippen LogP contribution in [0.4, 0.5) is 0 Å². The number of benzene rings is 2. The molecule has 4 heteroatoms. The van der Waals surface area contributed by atoms with Gasteiger partial charge in [-0.3, -0.25) is 0 Å². The van der Waals surface area contributed by atoms with Crippen LogP contribution in [0.25, 0.3) is 0 Å². The van der Waals surface area contributed by atoms with Crippen LogP contribution in [0.1, 0.15) is 30.6 Å². The maximum atomic E-state index is 10.1. The van der Waals surface area contributed by atoms with E-state index in [1.165, 1.54) is 0 Å². The van der Waals surface area contributed by atoms with Gasteiger partial charge in [0.2, 0.25) is 0 Å². The molecular weight excluding hydrogens is 342 g/mol. The van der Waals surface area contributed by atoms with Gasteiger partial charge in [0.15, 0.2) is 0 Å². The molecule has 1 unspecified atom stereocenters. The number of halogens is 1. The zero-order valence-corrected chi connectivity index (χ0v) is 14.3. The van der Waals surface area contributed by atoms with E-state index in [0.29, 0.717) is 13.1 Å². The predicted octanol–water partition coefficient (Wildman–Crippen LogP) is 4.06. The fourth-order valence-electron chi connectivity index (χ4n) is 2.13. The van der Waals surface area contributed by atoms with Gasteiger partial charge in [-0.05, 0) is 45.6 Å². The predicted molar refractivity (Wildman–Crippen MR) is 93.0 cm³/mol. The van der Waals surface area contributed by atoms with Gasteiger partial charge in [0, 0.05) is 13.1 Å². The minimum atomic E-state index is -0.489. The molecule has 0 saturated heterocycles. The lowest BCUT2D eigenvalue weighted by atomic mass is 10.1. The number of aliphatic hydroxyl groups is 1. The Morgan fingerprint density at radius 3 is 2.64 bits per heavy atom. The highest BCUT2D eigenvalue weighted by atomic mass is 79.9. The van der Waals surface area contributed by atoms with Gasteiger partial charge < -0.3 is 15.2 Å². The molecule has 0 spiro atoms. The van der Waals surface area contributed by atoms with Gasteiger partial charge in [-0.1, -0.05) is 43.3 Å². The summed E-state index contributed by atoms with van der Waals surface area (Å²) in [5, 5.41) is 13.4. The van der Waals surface area contributed by atoms with Crippen LogP contribution in [-0.4, -0.2) is 18.3 Å². The van der Waals surface area contributed by atoms with E-state index in [2.05, 4.69) is 28.2 Å². The first-order valence-electron chi connectivity index (χ1n) is 7.55. The van der Waals surface area contributed by atoms with Crippen molar-refractivity contribution >= 4 is 15.9 Å². The summed E-state index contributed by atoms with van der Waals surface area (Å²) in [6.45, 7) is 4.04. The highest BCUT2D eigenvalue weighted by molar-refractivity contribution is 9.10. The van der Waals surface area contributed by atoms with E-state index in [4.69, 9.17) is 4.74 Å². The Morgan fingerprint density at radius 1 is 1.18 bits per heavy atom. The van der Waals surface area contributed by atoms with Crippen LogP contribution in [0, 0.1) is 0 Å². The lowest BCUT2D eigenvalue weighted by Gasteiger charge is -2.13. The SMILES string of the molecule is CCCOc1ccc(CNCC(O)c2ccccc2)cc1Br. The average Bonchev–Trinajstić information content (AvgIpc) is 2.55. The minimum absolute atomic E-state index is 0.489. The summed E-state index contributed by atoms with van der Waals surface area (Å²) in [6.07, 6.45) is 0.504. The Labute approximate surface area is 140 Å². The molecule has 22 heavy (non-hydrogen) atoms. The second-order valence-corrected chi connectivity index (χ2v) is 6.02. The van der Waals surface area contributed by atoms with E-state index in [1.807, 2.05) is 48.5 Å². The molecule has 0 fully saturated rings. The number of rotatable bonds is 8. The van der Waals surface area contributed by atoms with E-state index < -0.39 is 6.10 Å². The van der Waals surface area contributed by atoms with Gasteiger partial charge in [0.05, 0.1) is 17.2 Å². The number of aliphatic hydroxyl groups excluding tert-OH is 1. The van der Waals surface area contributed by atoms with Crippen LogP contribution in [0.15, 0.2) is 53.0 Å². The number of hydrogen-bond acceptors (Lipinski definition) is 3. The monoisotopic (exact) mass is 363 g/mol. The molecule has 1 atom stereocenters. The van der Waals surface area contributed by atoms with Gasteiger partial charge in [-0.2, -0.15) is 0 Å². The van der Waals surface area contributed by atoms with Crippen molar-refractivity contribution in [3.05, 3.63) is 64.1 Å². The number of ether oxygens (including phenoxy) is 1. The maximum absolute atomic E-state index is 10.1. The van der Waals surface area contributed by atoms with E-state index in [-0.39, 0.29) is 0 Å². The van der Waals surface area contributed by atoms with Crippen LogP contribution in [-0.2, 0) is 6.54 Å². The average molecular weight is 364 g/mol. The highest BCUT2D eigenvalue weighted by Gasteiger charge is 2.07. The van der Waals surface area contributed by atoms with Gasteiger partial charge in [-0.25, -0.2) is 0 Å². The lowest BCUT2D eigenvalue weighted by Crippen LogP contribution is -2.21. The fourth-order valence-corrected chi connectivity index (χ4v) is 2.67. The van der Waals surface area contributed by atoms with Crippen molar-refractivity contribution in [2.24, 2.45) is 0 Å². The summed E-state index contributed by atoms with van der Waals surface area (Å²) in [6, 6.07) is 15.7. The molecule has 2 aromatic rings. The molecule has 2 aromatic carbocycles. The zero-order valence-electron chi connectivity index (χ0n) is 12.8. The van der Waals surface area contributed by atoms with Gasteiger partial charge in [-0.15, -0.1) is 0 Å². The first-order chi connectivity index (χ1) is 10.7. The largest absolute Gasteiger partial charge is 0.492 e. The Hall–Kier alpha value is -1.36. The van der Waals surface area contributed by atoms with E-state index >= 15 is 0 Å². The molecule has 3 nitrogen and oxygen atoms in total. The summed E-state index contributed by atoms with van der Waals surface area (Å²) < 4.78 is 6.60. The molecule has 0 saturated carbocycles.